The Hall–Kier alpha value is -4.93. The third kappa shape index (κ3) is 5.96. The highest BCUT2D eigenvalue weighted by Crippen LogP contribution is 2.70. The molecule has 10 atom stereocenters. The fourth-order valence-corrected chi connectivity index (χ4v) is 8.43. The minimum atomic E-state index is -2.24. The van der Waals surface area contributed by atoms with Crippen molar-refractivity contribution in [3.63, 3.8) is 0 Å². The van der Waals surface area contributed by atoms with Gasteiger partial charge in [-0.05, 0) is 35.4 Å². The Balaban J connectivity index is 1.16. The first-order chi connectivity index (χ1) is 26.7. The van der Waals surface area contributed by atoms with Crippen molar-refractivity contribution >= 4 is 11.7 Å². The molecule has 8 rings (SSSR count). The van der Waals surface area contributed by atoms with E-state index in [2.05, 4.69) is 0 Å². The van der Waals surface area contributed by atoms with E-state index < -0.39 is 66.2 Å². The molecular formula is C41H43NO13. The summed E-state index contributed by atoms with van der Waals surface area (Å²) in [6.45, 7) is 0.395. The van der Waals surface area contributed by atoms with Crippen LogP contribution < -0.4 is 24.7 Å². The molecule has 4 aromatic carbocycles. The largest absolute Gasteiger partial charge is 0.497 e. The first-order valence-electron chi connectivity index (χ1n) is 17.8. The summed E-state index contributed by atoms with van der Waals surface area (Å²) in [7, 11) is 5.68. The molecule has 55 heavy (non-hydrogen) atoms. The zero-order valence-corrected chi connectivity index (χ0v) is 30.7. The van der Waals surface area contributed by atoms with Gasteiger partial charge in [0, 0.05) is 36.4 Å². The van der Waals surface area contributed by atoms with E-state index in [1.807, 2.05) is 42.5 Å². The Kier molecular flexibility index (Phi) is 9.84. The topological polar surface area (TPSA) is 176 Å². The van der Waals surface area contributed by atoms with Crippen LogP contribution in [0.1, 0.15) is 34.5 Å². The van der Waals surface area contributed by atoms with Crippen LogP contribution in [0.5, 0.6) is 23.0 Å². The molecule has 0 bridgehead atoms. The minimum absolute atomic E-state index is 0.128. The molecule has 4 aromatic rings. The van der Waals surface area contributed by atoms with Crippen LogP contribution in [-0.2, 0) is 44.4 Å². The number of fused-ring (bicyclic) bond motifs is 3. The molecular weight excluding hydrogens is 714 g/mol. The maximum Gasteiger partial charge on any atom is 0.312 e. The van der Waals surface area contributed by atoms with Gasteiger partial charge in [0.05, 0.1) is 46.0 Å². The molecule has 4 aliphatic rings. The van der Waals surface area contributed by atoms with Crippen molar-refractivity contribution in [2.24, 2.45) is 5.92 Å². The molecule has 14 nitrogen and oxygen atoms in total. The number of esters is 1. The standard InChI is InChI=1S/C41H43NO13/c1-46-26-16-12-24(13-17-26)41-33(22-8-6-5-7-9-22)32(36(44)48-3)35(43)40(41,45)34-28(47-2)18-27(19-29(34)55-41)52-39-38(49-4)51-21-31(54-39)30-20-50-37(53-30)23-10-14-25(42)15-11-23/h5-19,30-33,35,37-39,43,45H,20-21,42H2,1-4H3/t30-,31-,32+,33-,35+,37+,38-,39-,40+,41-/m1/s1. The van der Waals surface area contributed by atoms with Crippen LogP contribution in [0.2, 0.25) is 0 Å². The second kappa shape index (κ2) is 14.6. The quantitative estimate of drug-likeness (QED) is 0.157. The molecule has 0 radical (unpaired) electrons. The maximum absolute atomic E-state index is 13.6. The van der Waals surface area contributed by atoms with Crippen molar-refractivity contribution in [1.29, 1.82) is 0 Å². The smallest absolute Gasteiger partial charge is 0.312 e. The van der Waals surface area contributed by atoms with Crippen molar-refractivity contribution in [2.45, 2.75) is 54.3 Å². The number of methoxy groups -OCH3 is 4. The number of carbonyl (C=O) groups excluding carboxylic acids is 1. The normalized spacial score (nSPS) is 32.3. The Labute approximate surface area is 317 Å². The number of carbonyl (C=O) groups is 1. The van der Waals surface area contributed by atoms with E-state index in [4.69, 9.17) is 53.1 Å². The fourth-order valence-electron chi connectivity index (χ4n) is 8.43. The summed E-state index contributed by atoms with van der Waals surface area (Å²) >= 11 is 0. The first kappa shape index (κ1) is 37.0. The van der Waals surface area contributed by atoms with E-state index >= 15 is 0 Å². The summed E-state index contributed by atoms with van der Waals surface area (Å²) in [6.07, 6.45) is -5.40. The van der Waals surface area contributed by atoms with Crippen LogP contribution in [0, 0.1) is 5.92 Å². The molecule has 4 N–H and O–H groups in total. The molecule has 1 aliphatic carbocycles. The lowest BCUT2D eigenvalue weighted by Crippen LogP contribution is -2.52. The second-order valence-corrected chi connectivity index (χ2v) is 13.8. The average Bonchev–Trinajstić information content (AvgIpc) is 3.87. The van der Waals surface area contributed by atoms with Gasteiger partial charge in [-0.15, -0.1) is 0 Å². The van der Waals surface area contributed by atoms with Crippen molar-refractivity contribution in [2.75, 3.05) is 47.4 Å². The molecule has 0 amide bonds. The second-order valence-electron chi connectivity index (χ2n) is 13.8. The summed E-state index contributed by atoms with van der Waals surface area (Å²) in [5, 5.41) is 25.4. The van der Waals surface area contributed by atoms with Gasteiger partial charge in [-0.3, -0.25) is 4.79 Å². The number of benzene rings is 4. The van der Waals surface area contributed by atoms with Crippen molar-refractivity contribution in [1.82, 2.24) is 0 Å². The van der Waals surface area contributed by atoms with Gasteiger partial charge in [0.25, 0.3) is 6.29 Å². The molecule has 3 heterocycles. The first-order valence-corrected chi connectivity index (χ1v) is 17.8. The molecule has 3 fully saturated rings. The highest BCUT2D eigenvalue weighted by Gasteiger charge is 2.78. The van der Waals surface area contributed by atoms with Crippen molar-refractivity contribution in [3.8, 4) is 23.0 Å². The minimum Gasteiger partial charge on any atom is -0.497 e. The van der Waals surface area contributed by atoms with Crippen LogP contribution in [0.15, 0.2) is 91.0 Å². The van der Waals surface area contributed by atoms with Gasteiger partial charge in [-0.1, -0.05) is 54.6 Å². The Bertz CT molecular complexity index is 2000. The predicted molar refractivity (Wildman–Crippen MR) is 193 cm³/mol. The third-order valence-corrected chi connectivity index (χ3v) is 11.0. The Morgan fingerprint density at radius 3 is 2.18 bits per heavy atom. The summed E-state index contributed by atoms with van der Waals surface area (Å²) < 4.78 is 60.1. The average molecular weight is 758 g/mol. The van der Waals surface area contributed by atoms with E-state index in [0.717, 1.165) is 5.56 Å². The van der Waals surface area contributed by atoms with E-state index in [9.17, 15) is 15.0 Å². The molecule has 2 saturated heterocycles. The number of rotatable bonds is 10. The highest BCUT2D eigenvalue weighted by atomic mass is 16.8. The molecule has 0 aromatic heterocycles. The van der Waals surface area contributed by atoms with Gasteiger partial charge in [0.2, 0.25) is 6.29 Å². The van der Waals surface area contributed by atoms with Gasteiger partial charge in [-0.25, -0.2) is 0 Å². The number of aliphatic hydroxyl groups excluding tert-OH is 1. The number of hydrogen-bond acceptors (Lipinski definition) is 14. The lowest BCUT2D eigenvalue weighted by Gasteiger charge is -2.40. The predicted octanol–water partition coefficient (Wildman–Crippen LogP) is 3.92. The SMILES string of the molecule is COC(=O)[C@H]1[C@@H](c2ccccc2)[C@@]2(c3ccc(OC)cc3)Oc3cc(O[C@@H]4O[C@@H]([C@H]5CO[C@H](c6ccc(N)cc6)O5)CO[C@H]4OC)cc(OC)c3[C@]2(O)[C@H]1O. The zero-order chi connectivity index (χ0) is 38.5. The van der Waals surface area contributed by atoms with Crippen LogP contribution in [0.4, 0.5) is 5.69 Å². The molecule has 14 heteroatoms. The fraction of sp³-hybridized carbons (Fsp3) is 0.390. The van der Waals surface area contributed by atoms with Crippen LogP contribution in [0.3, 0.4) is 0 Å². The number of anilines is 1. The van der Waals surface area contributed by atoms with E-state index in [1.165, 1.54) is 21.3 Å². The van der Waals surface area contributed by atoms with Gasteiger partial charge in [0.15, 0.2) is 17.5 Å². The molecule has 1 saturated carbocycles. The summed E-state index contributed by atoms with van der Waals surface area (Å²) in [4.78, 5) is 13.6. The van der Waals surface area contributed by atoms with Crippen molar-refractivity contribution in [3.05, 3.63) is 113 Å². The van der Waals surface area contributed by atoms with E-state index in [1.54, 1.807) is 55.6 Å². The Morgan fingerprint density at radius 1 is 0.800 bits per heavy atom. The molecule has 0 spiro atoms. The van der Waals surface area contributed by atoms with E-state index in [-0.39, 0.29) is 36.0 Å². The number of aliphatic hydroxyl groups is 2. The van der Waals surface area contributed by atoms with Crippen LogP contribution in [-0.4, -0.2) is 88.7 Å². The highest BCUT2D eigenvalue weighted by molar-refractivity contribution is 5.78. The van der Waals surface area contributed by atoms with Gasteiger partial charge in [-0.2, -0.15) is 0 Å². The summed E-state index contributed by atoms with van der Waals surface area (Å²) in [5.41, 5.74) is 4.50. The maximum atomic E-state index is 13.6. The zero-order valence-electron chi connectivity index (χ0n) is 30.7. The van der Waals surface area contributed by atoms with E-state index in [0.29, 0.717) is 22.6 Å². The lowest BCUT2D eigenvalue weighted by molar-refractivity contribution is -0.323. The molecule has 290 valence electrons. The van der Waals surface area contributed by atoms with Gasteiger partial charge < -0.3 is 63.3 Å². The summed E-state index contributed by atoms with van der Waals surface area (Å²) in [5.74, 6) is -1.86. The van der Waals surface area contributed by atoms with Gasteiger partial charge >= 0.3 is 5.97 Å². The number of nitrogens with two attached hydrogens (primary N) is 1. The van der Waals surface area contributed by atoms with Crippen molar-refractivity contribution < 1.29 is 62.4 Å². The lowest BCUT2D eigenvalue weighted by atomic mass is 9.70. The monoisotopic (exact) mass is 757 g/mol. The van der Waals surface area contributed by atoms with Crippen LogP contribution in [0.25, 0.3) is 0 Å². The number of hydrogen-bond donors (Lipinski definition) is 3. The number of ether oxygens (including phenoxy) is 10. The third-order valence-electron chi connectivity index (χ3n) is 11.0. The summed E-state index contributed by atoms with van der Waals surface area (Å²) in [6, 6.07) is 26.4. The molecule has 0 unspecified atom stereocenters. The Morgan fingerprint density at radius 2 is 1.51 bits per heavy atom. The van der Waals surface area contributed by atoms with Crippen LogP contribution >= 0.6 is 0 Å². The van der Waals surface area contributed by atoms with Gasteiger partial charge in [0.1, 0.15) is 41.3 Å². The number of nitrogen functional groups attached to an aromatic ring is 1. The molecule has 3 aliphatic heterocycles.